The van der Waals surface area contributed by atoms with Gasteiger partial charge in [0.05, 0.1) is 0 Å². The van der Waals surface area contributed by atoms with Gasteiger partial charge in [-0.25, -0.2) is 0 Å². The number of thiocarbonyl (C=S) groups is 1. The summed E-state index contributed by atoms with van der Waals surface area (Å²) in [6.45, 7) is 3.40. The quantitative estimate of drug-likeness (QED) is 0.264. The second-order valence-corrected chi connectivity index (χ2v) is 8.82. The Balaban J connectivity index is 2.04. The van der Waals surface area contributed by atoms with E-state index in [9.17, 15) is 9.59 Å². The number of aryl methyl sites for hydroxylation is 1. The van der Waals surface area contributed by atoms with E-state index in [4.69, 9.17) is 47.0 Å². The van der Waals surface area contributed by atoms with E-state index in [0.29, 0.717) is 16.8 Å². The van der Waals surface area contributed by atoms with Gasteiger partial charge in [0, 0.05) is 16.8 Å². The minimum absolute atomic E-state index is 0.0395. The molecule has 0 heterocycles. The molecule has 2 rings (SSSR count). The number of carbonyl (C=O) groups excluding carboxylic acids is 2. The minimum atomic E-state index is -1.86. The maximum absolute atomic E-state index is 12.4. The van der Waals surface area contributed by atoms with E-state index in [1.54, 1.807) is 36.4 Å². The van der Waals surface area contributed by atoms with E-state index < -0.39 is 15.9 Å². The van der Waals surface area contributed by atoms with Crippen LogP contribution in [0.2, 0.25) is 0 Å². The number of ketones is 1. The Bertz CT molecular complexity index is 865. The molecule has 0 aromatic heterocycles. The molecule has 28 heavy (non-hydrogen) atoms. The van der Waals surface area contributed by atoms with Crippen LogP contribution >= 0.6 is 47.0 Å². The fraction of sp³-hybridized carbons (Fsp3) is 0.211. The van der Waals surface area contributed by atoms with E-state index in [2.05, 4.69) is 16.0 Å². The van der Waals surface area contributed by atoms with Crippen molar-refractivity contribution >= 4 is 69.5 Å². The maximum Gasteiger partial charge on any atom is 0.252 e. The summed E-state index contributed by atoms with van der Waals surface area (Å²) in [5.74, 6) is -0.459. The fourth-order valence-electron chi connectivity index (χ4n) is 2.21. The van der Waals surface area contributed by atoms with Gasteiger partial charge in [0.15, 0.2) is 10.9 Å². The van der Waals surface area contributed by atoms with Gasteiger partial charge in [-0.1, -0.05) is 52.5 Å². The third-order valence-corrected chi connectivity index (χ3v) is 4.62. The normalized spacial score (nSPS) is 12.0. The third-order valence-electron chi connectivity index (χ3n) is 3.74. The molecule has 1 unspecified atom stereocenters. The van der Waals surface area contributed by atoms with E-state index >= 15 is 0 Å². The molecule has 0 aliphatic carbocycles. The van der Waals surface area contributed by atoms with Gasteiger partial charge in [-0.2, -0.15) is 0 Å². The first-order chi connectivity index (χ1) is 13.1. The van der Waals surface area contributed by atoms with Crippen molar-refractivity contribution in [1.29, 1.82) is 0 Å². The van der Waals surface area contributed by atoms with E-state index in [0.717, 1.165) is 5.56 Å². The van der Waals surface area contributed by atoms with E-state index in [1.807, 2.05) is 19.1 Å². The van der Waals surface area contributed by atoms with Crippen LogP contribution in [0.25, 0.3) is 0 Å². The van der Waals surface area contributed by atoms with Crippen molar-refractivity contribution < 1.29 is 9.59 Å². The van der Waals surface area contributed by atoms with Crippen molar-refractivity contribution in [3.05, 3.63) is 65.2 Å². The molecular formula is C19H18Cl3N3O2S. The molecule has 9 heteroatoms. The highest BCUT2D eigenvalue weighted by Gasteiger charge is 2.34. The van der Waals surface area contributed by atoms with Gasteiger partial charge in [-0.15, -0.1) is 0 Å². The lowest BCUT2D eigenvalue weighted by Crippen LogP contribution is -2.56. The van der Waals surface area contributed by atoms with Gasteiger partial charge in [-0.3, -0.25) is 9.59 Å². The molecule has 5 nitrogen and oxygen atoms in total. The van der Waals surface area contributed by atoms with Crippen molar-refractivity contribution in [2.24, 2.45) is 0 Å². The topological polar surface area (TPSA) is 70.2 Å². The molecule has 0 aliphatic heterocycles. The molecule has 0 aliphatic rings. The Morgan fingerprint density at radius 1 is 0.929 bits per heavy atom. The monoisotopic (exact) mass is 457 g/mol. The number of hydrogen-bond acceptors (Lipinski definition) is 3. The minimum Gasteiger partial charge on any atom is -0.339 e. The summed E-state index contributed by atoms with van der Waals surface area (Å²) in [5.41, 5.74) is 2.66. The zero-order valence-corrected chi connectivity index (χ0v) is 18.1. The summed E-state index contributed by atoms with van der Waals surface area (Å²) in [6, 6.07) is 13.7. The highest BCUT2D eigenvalue weighted by atomic mass is 35.6. The molecule has 0 saturated heterocycles. The molecule has 1 atom stereocenters. The molecule has 0 saturated carbocycles. The first kappa shape index (κ1) is 22.4. The number of halogens is 3. The predicted octanol–water partition coefficient (Wildman–Crippen LogP) is 4.61. The number of nitrogens with one attached hydrogen (secondary N) is 3. The van der Waals surface area contributed by atoms with Crippen LogP contribution in [-0.4, -0.2) is 26.8 Å². The van der Waals surface area contributed by atoms with Crippen LogP contribution < -0.4 is 16.0 Å². The highest BCUT2D eigenvalue weighted by Crippen LogP contribution is 2.29. The Kier molecular flexibility index (Phi) is 7.66. The van der Waals surface area contributed by atoms with Crippen molar-refractivity contribution in [3.63, 3.8) is 0 Å². The van der Waals surface area contributed by atoms with Crippen LogP contribution in [-0.2, 0) is 0 Å². The van der Waals surface area contributed by atoms with Gasteiger partial charge in [0.1, 0.15) is 6.17 Å². The largest absolute Gasteiger partial charge is 0.339 e. The molecule has 1 amide bonds. The Hall–Kier alpha value is -1.86. The lowest BCUT2D eigenvalue weighted by atomic mass is 10.1. The van der Waals surface area contributed by atoms with Crippen molar-refractivity contribution in [3.8, 4) is 0 Å². The number of hydrogen-bond donors (Lipinski definition) is 3. The number of Topliss-reactive ketones (excluding diaryl/α,β-unsaturated/α-hetero) is 1. The lowest BCUT2D eigenvalue weighted by Gasteiger charge is -2.27. The Labute approximate surface area is 183 Å². The summed E-state index contributed by atoms with van der Waals surface area (Å²) in [6.07, 6.45) is -1.08. The summed E-state index contributed by atoms with van der Waals surface area (Å²) in [5, 5.41) is 8.44. The lowest BCUT2D eigenvalue weighted by molar-refractivity contribution is 0.0933. The number of carbonyl (C=O) groups is 2. The van der Waals surface area contributed by atoms with Gasteiger partial charge in [0.2, 0.25) is 3.79 Å². The zero-order chi connectivity index (χ0) is 20.9. The summed E-state index contributed by atoms with van der Waals surface area (Å²) in [7, 11) is 0. The SMILES string of the molecule is CC(=O)c1ccc(NC(=S)NC(NC(=O)c2ccc(C)cc2)C(Cl)(Cl)Cl)cc1. The van der Waals surface area contributed by atoms with E-state index in [1.165, 1.54) is 6.92 Å². The summed E-state index contributed by atoms with van der Waals surface area (Å²) < 4.78 is -1.86. The van der Waals surface area contributed by atoms with Crippen LogP contribution in [0.1, 0.15) is 33.2 Å². The second-order valence-electron chi connectivity index (χ2n) is 6.05. The van der Waals surface area contributed by atoms with E-state index in [-0.39, 0.29) is 10.9 Å². The van der Waals surface area contributed by atoms with Crippen LogP contribution in [0, 0.1) is 6.92 Å². The highest BCUT2D eigenvalue weighted by molar-refractivity contribution is 7.80. The van der Waals surface area contributed by atoms with Gasteiger partial charge >= 0.3 is 0 Å². The molecule has 3 N–H and O–H groups in total. The molecule has 0 spiro atoms. The summed E-state index contributed by atoms with van der Waals surface area (Å²) >= 11 is 23.2. The summed E-state index contributed by atoms with van der Waals surface area (Å²) in [4.78, 5) is 23.8. The Morgan fingerprint density at radius 2 is 1.46 bits per heavy atom. The third kappa shape index (κ3) is 6.63. The average Bonchev–Trinajstić information content (AvgIpc) is 2.61. The molecule has 2 aromatic carbocycles. The van der Waals surface area contributed by atoms with Crippen molar-refractivity contribution in [2.75, 3.05) is 5.32 Å². The smallest absolute Gasteiger partial charge is 0.252 e. The standard InChI is InChI=1S/C19H18Cl3N3O2S/c1-11-3-5-14(6-4-11)16(27)24-17(19(20,21)22)25-18(28)23-15-9-7-13(8-10-15)12(2)26/h3-10,17H,1-2H3,(H,24,27)(H2,23,25,28). The van der Waals surface area contributed by atoms with Crippen LogP contribution in [0.4, 0.5) is 5.69 Å². The van der Waals surface area contributed by atoms with Crippen LogP contribution in [0.15, 0.2) is 48.5 Å². The zero-order valence-electron chi connectivity index (χ0n) is 15.1. The number of anilines is 1. The first-order valence-electron chi connectivity index (χ1n) is 8.19. The number of rotatable bonds is 5. The molecule has 0 fully saturated rings. The predicted molar refractivity (Wildman–Crippen MR) is 119 cm³/mol. The molecular weight excluding hydrogens is 441 g/mol. The molecule has 0 radical (unpaired) electrons. The Morgan fingerprint density at radius 3 is 1.96 bits per heavy atom. The molecule has 2 aromatic rings. The maximum atomic E-state index is 12.4. The number of amides is 1. The number of benzene rings is 2. The molecule has 0 bridgehead atoms. The van der Waals surface area contributed by atoms with Crippen molar-refractivity contribution in [2.45, 2.75) is 23.8 Å². The van der Waals surface area contributed by atoms with Crippen LogP contribution in [0.3, 0.4) is 0 Å². The second kappa shape index (κ2) is 9.56. The number of alkyl halides is 3. The van der Waals surface area contributed by atoms with Crippen LogP contribution in [0.5, 0.6) is 0 Å². The van der Waals surface area contributed by atoms with Gasteiger partial charge < -0.3 is 16.0 Å². The van der Waals surface area contributed by atoms with Gasteiger partial charge in [0.25, 0.3) is 5.91 Å². The van der Waals surface area contributed by atoms with Gasteiger partial charge in [-0.05, 0) is 62.5 Å². The first-order valence-corrected chi connectivity index (χ1v) is 9.73. The van der Waals surface area contributed by atoms with Crippen molar-refractivity contribution in [1.82, 2.24) is 10.6 Å². The fourth-order valence-corrected chi connectivity index (χ4v) is 2.77. The average molecular weight is 459 g/mol. The molecule has 148 valence electrons.